The van der Waals surface area contributed by atoms with Crippen molar-refractivity contribution in [3.8, 4) is 0 Å². The van der Waals surface area contributed by atoms with Crippen molar-refractivity contribution in [1.82, 2.24) is 34.3 Å². The third-order valence-electron chi connectivity index (χ3n) is 7.41. The van der Waals surface area contributed by atoms with E-state index < -0.39 is 0 Å². The second-order valence-electron chi connectivity index (χ2n) is 10.5. The Morgan fingerprint density at radius 1 is 1.14 bits per heavy atom. The second kappa shape index (κ2) is 8.54. The van der Waals surface area contributed by atoms with Gasteiger partial charge in [0, 0.05) is 42.5 Å². The van der Waals surface area contributed by atoms with Crippen LogP contribution in [0.25, 0.3) is 22.1 Å². The number of carbonyl (C=O) groups excluding carboxylic acids is 2. The largest absolute Gasteiger partial charge is 0.353 e. The van der Waals surface area contributed by atoms with Crippen LogP contribution in [0.15, 0.2) is 17.8 Å². The molecule has 0 saturated heterocycles. The minimum absolute atomic E-state index is 0.00965. The Bertz CT molecular complexity index is 1530. The first-order chi connectivity index (χ1) is 18.0. The monoisotopic (exact) mass is 518 g/mol. The number of aromatic nitrogens is 5. The Morgan fingerprint density at radius 3 is 2.57 bits per heavy atom. The van der Waals surface area contributed by atoms with Gasteiger partial charge in [-0.05, 0) is 51.5 Å². The fraction of sp³-hybridized carbons (Fsp3) is 0.500. The number of hydrogen-bond acceptors (Lipinski definition) is 7. The fourth-order valence-electron chi connectivity index (χ4n) is 5.18. The van der Waals surface area contributed by atoms with Crippen molar-refractivity contribution >= 4 is 56.2 Å². The Morgan fingerprint density at radius 2 is 1.89 bits per heavy atom. The van der Waals surface area contributed by atoms with Crippen LogP contribution in [0.3, 0.4) is 0 Å². The molecule has 4 heterocycles. The number of fused-ring (bicyclic) bond motifs is 3. The van der Waals surface area contributed by atoms with Gasteiger partial charge in [-0.15, -0.1) is 11.3 Å². The zero-order chi connectivity index (χ0) is 25.3. The maximum atomic E-state index is 13.8. The zero-order valence-corrected chi connectivity index (χ0v) is 21.8. The van der Waals surface area contributed by atoms with E-state index in [1.807, 2.05) is 27.6 Å². The topological polar surface area (TPSA) is 110 Å². The van der Waals surface area contributed by atoms with Crippen molar-refractivity contribution in [2.24, 2.45) is 7.05 Å². The quantitative estimate of drug-likeness (QED) is 0.349. The van der Waals surface area contributed by atoms with Crippen LogP contribution in [-0.4, -0.2) is 58.9 Å². The van der Waals surface area contributed by atoms with Crippen LogP contribution in [0.1, 0.15) is 61.6 Å². The van der Waals surface area contributed by atoms with Gasteiger partial charge in [-0.1, -0.05) is 0 Å². The van der Waals surface area contributed by atoms with E-state index in [-0.39, 0.29) is 18.2 Å². The van der Waals surface area contributed by atoms with Crippen molar-refractivity contribution in [2.45, 2.75) is 76.5 Å². The highest BCUT2D eigenvalue weighted by molar-refractivity contribution is 7.13. The summed E-state index contributed by atoms with van der Waals surface area (Å²) in [5.41, 5.74) is 3.85. The maximum absolute atomic E-state index is 13.8. The molecule has 0 aromatic carbocycles. The fourth-order valence-corrected chi connectivity index (χ4v) is 5.89. The van der Waals surface area contributed by atoms with E-state index >= 15 is 0 Å². The summed E-state index contributed by atoms with van der Waals surface area (Å²) < 4.78 is 4.01. The van der Waals surface area contributed by atoms with Gasteiger partial charge in [0.25, 0.3) is 5.91 Å². The smallest absolute Gasteiger partial charge is 0.271 e. The van der Waals surface area contributed by atoms with Crippen molar-refractivity contribution in [2.75, 3.05) is 5.32 Å². The molecule has 11 heteroatoms. The van der Waals surface area contributed by atoms with Gasteiger partial charge in [-0.3, -0.25) is 9.59 Å². The van der Waals surface area contributed by atoms with Gasteiger partial charge in [-0.2, -0.15) is 0 Å². The molecular weight excluding hydrogens is 488 g/mol. The molecule has 3 aliphatic carbocycles. The Hall–Kier alpha value is -3.47. The molecule has 3 saturated carbocycles. The lowest BCUT2D eigenvalue weighted by Gasteiger charge is -2.22. The number of amides is 2. The number of aryl methyl sites for hydroxylation is 2. The highest BCUT2D eigenvalue weighted by Gasteiger charge is 2.43. The average Bonchev–Trinajstić information content (AvgIpc) is 3.82. The number of imidazole rings is 1. The predicted molar refractivity (Wildman–Crippen MR) is 142 cm³/mol. The van der Waals surface area contributed by atoms with E-state index in [0.29, 0.717) is 41.3 Å². The Kier molecular flexibility index (Phi) is 5.24. The lowest BCUT2D eigenvalue weighted by Crippen LogP contribution is -2.36. The lowest BCUT2D eigenvalue weighted by atomic mass is 10.2. The molecule has 4 aromatic heterocycles. The molecule has 3 aliphatic rings. The first kappa shape index (κ1) is 22.7. The molecule has 0 atom stereocenters. The number of anilines is 2. The van der Waals surface area contributed by atoms with Crippen LogP contribution in [-0.2, 0) is 24.8 Å². The number of rotatable bonds is 9. The van der Waals surface area contributed by atoms with E-state index in [1.54, 1.807) is 6.33 Å². The van der Waals surface area contributed by atoms with Crippen LogP contribution in [0.4, 0.5) is 10.9 Å². The standard InChI is InChI=1S/C26H30N8O2S/c1-3-33-19(25(36)34(16-6-7-16)17-8-9-17)11-18-22-21(27-13-32(22)2)23(30-24(18)33)31-26-29-15(12-37-26)10-20(35)28-14-4-5-14/h11-14,16-17H,3-10H2,1-2H3,(H,28,35)(H,29,30,31). The average molecular weight is 519 g/mol. The molecule has 10 nitrogen and oxygen atoms in total. The first-order valence-electron chi connectivity index (χ1n) is 13.2. The summed E-state index contributed by atoms with van der Waals surface area (Å²) in [7, 11) is 1.96. The Balaban J connectivity index is 1.25. The third kappa shape index (κ3) is 4.14. The summed E-state index contributed by atoms with van der Waals surface area (Å²) >= 11 is 1.44. The van der Waals surface area contributed by atoms with Gasteiger partial charge in [-0.25, -0.2) is 15.0 Å². The molecule has 37 heavy (non-hydrogen) atoms. The van der Waals surface area contributed by atoms with E-state index in [9.17, 15) is 9.59 Å². The number of thiazole rings is 1. The number of nitrogens with one attached hydrogen (secondary N) is 2. The number of pyridine rings is 1. The summed E-state index contributed by atoms with van der Waals surface area (Å²) in [5.74, 6) is 0.721. The van der Waals surface area contributed by atoms with Crippen LogP contribution in [0.5, 0.6) is 0 Å². The third-order valence-corrected chi connectivity index (χ3v) is 8.22. The van der Waals surface area contributed by atoms with Gasteiger partial charge in [0.1, 0.15) is 16.9 Å². The number of nitrogens with zero attached hydrogens (tertiary/aromatic N) is 6. The molecule has 2 N–H and O–H groups in total. The minimum Gasteiger partial charge on any atom is -0.353 e. The van der Waals surface area contributed by atoms with Gasteiger partial charge < -0.3 is 24.7 Å². The van der Waals surface area contributed by atoms with E-state index in [0.717, 1.165) is 66.3 Å². The molecule has 192 valence electrons. The van der Waals surface area contributed by atoms with Crippen LogP contribution in [0, 0.1) is 0 Å². The minimum atomic E-state index is 0.00965. The summed E-state index contributed by atoms with van der Waals surface area (Å²) in [4.78, 5) is 42.3. The van der Waals surface area contributed by atoms with Crippen molar-refractivity contribution in [1.29, 1.82) is 0 Å². The van der Waals surface area contributed by atoms with Crippen LogP contribution in [0.2, 0.25) is 0 Å². The van der Waals surface area contributed by atoms with Crippen molar-refractivity contribution in [3.05, 3.63) is 29.2 Å². The maximum Gasteiger partial charge on any atom is 0.271 e. The van der Waals surface area contributed by atoms with E-state index in [1.165, 1.54) is 11.3 Å². The predicted octanol–water partition coefficient (Wildman–Crippen LogP) is 3.73. The molecule has 0 spiro atoms. The van der Waals surface area contributed by atoms with Gasteiger partial charge in [0.2, 0.25) is 5.91 Å². The van der Waals surface area contributed by atoms with Gasteiger partial charge in [0.05, 0.1) is 24.0 Å². The number of hydrogen-bond donors (Lipinski definition) is 2. The SMILES string of the molecule is CCn1c(C(=O)N(C2CC2)C2CC2)cc2c3c(ncn3C)c(Nc3nc(CC(=O)NC4CC4)cs3)nc21. The highest BCUT2D eigenvalue weighted by atomic mass is 32.1. The highest BCUT2D eigenvalue weighted by Crippen LogP contribution is 2.40. The van der Waals surface area contributed by atoms with Gasteiger partial charge in [0.15, 0.2) is 10.9 Å². The normalized spacial score (nSPS) is 17.5. The van der Waals surface area contributed by atoms with Crippen LogP contribution >= 0.6 is 11.3 Å². The lowest BCUT2D eigenvalue weighted by molar-refractivity contribution is -0.120. The first-order valence-corrected chi connectivity index (χ1v) is 14.1. The summed E-state index contributed by atoms with van der Waals surface area (Å²) in [6, 6.07) is 3.11. The molecule has 0 aliphatic heterocycles. The number of carbonyl (C=O) groups is 2. The van der Waals surface area contributed by atoms with Gasteiger partial charge >= 0.3 is 0 Å². The van der Waals surface area contributed by atoms with Crippen molar-refractivity contribution in [3.63, 3.8) is 0 Å². The molecule has 2 amide bonds. The van der Waals surface area contributed by atoms with Crippen LogP contribution < -0.4 is 10.6 Å². The molecule has 0 unspecified atom stereocenters. The van der Waals surface area contributed by atoms with E-state index in [4.69, 9.17) is 4.98 Å². The van der Waals surface area contributed by atoms with Crippen molar-refractivity contribution < 1.29 is 9.59 Å². The molecule has 0 bridgehead atoms. The summed E-state index contributed by atoms with van der Waals surface area (Å²) in [6.07, 6.45) is 8.58. The van der Waals surface area contributed by atoms with E-state index in [2.05, 4.69) is 32.4 Å². The molecular formula is C26H30N8O2S. The molecule has 3 fully saturated rings. The molecule has 0 radical (unpaired) electrons. The summed E-state index contributed by atoms with van der Waals surface area (Å²) in [6.45, 7) is 2.69. The summed E-state index contributed by atoms with van der Waals surface area (Å²) in [5, 5.41) is 9.84. The molecule has 4 aromatic rings. The Labute approximate surface area is 218 Å². The molecule has 7 rings (SSSR count). The zero-order valence-electron chi connectivity index (χ0n) is 21.0. The second-order valence-corrected chi connectivity index (χ2v) is 11.3.